The molecule has 2 aromatic carbocycles. The number of ether oxygens (including phenoxy) is 1. The zero-order valence-corrected chi connectivity index (χ0v) is 27.7. The van der Waals surface area contributed by atoms with Gasteiger partial charge in [-0.1, -0.05) is 24.3 Å². The number of methoxy groups -OCH3 is 1. The first kappa shape index (κ1) is 32.4. The number of carbonyl (C=O) groups excluding carboxylic acids is 1. The van der Waals surface area contributed by atoms with E-state index in [9.17, 15) is 31.6 Å². The zero-order chi connectivity index (χ0) is 33.7. The number of nitrogens with zero attached hydrogens (tertiary/aromatic N) is 3. The van der Waals surface area contributed by atoms with Crippen LogP contribution >= 0.6 is 20.6 Å². The summed E-state index contributed by atoms with van der Waals surface area (Å²) in [5.74, 6) is -0.396. The number of thiophene rings is 1. The van der Waals surface area contributed by atoms with Gasteiger partial charge in [-0.25, -0.2) is 17.2 Å². The van der Waals surface area contributed by atoms with E-state index in [4.69, 9.17) is 4.74 Å². The molecule has 0 spiro atoms. The van der Waals surface area contributed by atoms with Gasteiger partial charge in [0.1, 0.15) is 21.5 Å². The van der Waals surface area contributed by atoms with Gasteiger partial charge in [0.05, 0.1) is 18.3 Å². The number of pyridine rings is 1. The molecule has 5 aromatic rings. The van der Waals surface area contributed by atoms with Crippen LogP contribution in [0, 0.1) is 11.3 Å². The summed E-state index contributed by atoms with van der Waals surface area (Å²) in [7, 11) is -0.634. The highest BCUT2D eigenvalue weighted by molar-refractivity contribution is 7.90. The van der Waals surface area contributed by atoms with Gasteiger partial charge in [0, 0.05) is 33.8 Å². The van der Waals surface area contributed by atoms with Crippen molar-refractivity contribution in [1.29, 1.82) is 5.26 Å². The quantitative estimate of drug-likeness (QED) is 0.134. The third-order valence-corrected chi connectivity index (χ3v) is 10.9. The molecule has 0 bridgehead atoms. The topological polar surface area (TPSA) is 102 Å². The van der Waals surface area contributed by atoms with E-state index in [0.29, 0.717) is 57.6 Å². The van der Waals surface area contributed by atoms with E-state index >= 15 is 0 Å². The summed E-state index contributed by atoms with van der Waals surface area (Å²) in [5.41, 5.74) is 3.99. The van der Waals surface area contributed by atoms with Gasteiger partial charge in [0.15, 0.2) is 0 Å². The summed E-state index contributed by atoms with van der Waals surface area (Å²) in [6, 6.07) is 17.9. The van der Waals surface area contributed by atoms with Crippen molar-refractivity contribution in [2.75, 3.05) is 7.11 Å². The van der Waals surface area contributed by atoms with Crippen LogP contribution in [-0.4, -0.2) is 30.5 Å². The molecule has 238 valence electrons. The van der Waals surface area contributed by atoms with Gasteiger partial charge in [-0.2, -0.15) is 18.4 Å². The minimum Gasteiger partial charge on any atom is -0.466 e. The second-order valence-electron chi connectivity index (χ2n) is 10.8. The molecule has 0 saturated heterocycles. The normalized spacial score (nSPS) is 13.9. The average molecular weight is 692 g/mol. The first-order valence-corrected chi connectivity index (χ1v) is 17.0. The van der Waals surface area contributed by atoms with Crippen molar-refractivity contribution in [3.05, 3.63) is 106 Å². The van der Waals surface area contributed by atoms with Crippen LogP contribution in [0.4, 0.5) is 13.2 Å². The monoisotopic (exact) mass is 691 g/mol. The van der Waals surface area contributed by atoms with Crippen molar-refractivity contribution in [1.82, 2.24) is 8.96 Å². The Morgan fingerprint density at radius 1 is 1.09 bits per heavy atom. The molecule has 1 unspecified atom stereocenters. The Morgan fingerprint density at radius 2 is 1.85 bits per heavy atom. The lowest BCUT2D eigenvalue weighted by molar-refractivity contribution is -0.141. The van der Waals surface area contributed by atoms with Crippen molar-refractivity contribution < 1.29 is 31.1 Å². The molecule has 1 aliphatic carbocycles. The average Bonchev–Trinajstić information content (AvgIpc) is 3.66. The van der Waals surface area contributed by atoms with Gasteiger partial charge in [-0.3, -0.25) is 4.98 Å². The number of halogens is 3. The Morgan fingerprint density at radius 3 is 2.51 bits per heavy atom. The third kappa shape index (κ3) is 5.80. The molecule has 0 saturated carbocycles. The summed E-state index contributed by atoms with van der Waals surface area (Å²) in [6.07, 6.45) is -1.25. The lowest BCUT2D eigenvalue weighted by atomic mass is 9.87. The van der Waals surface area contributed by atoms with E-state index < -0.39 is 32.8 Å². The number of alkyl halides is 3. The molecule has 1 aliphatic rings. The second-order valence-corrected chi connectivity index (χ2v) is 14.2. The van der Waals surface area contributed by atoms with Crippen molar-refractivity contribution in [3.8, 4) is 28.5 Å². The molecule has 3 heterocycles. The van der Waals surface area contributed by atoms with E-state index in [0.717, 1.165) is 32.1 Å². The van der Waals surface area contributed by atoms with Gasteiger partial charge in [0.25, 0.3) is 10.0 Å². The molecule has 0 N–H and O–H groups in total. The van der Waals surface area contributed by atoms with Crippen molar-refractivity contribution in [2.45, 2.75) is 30.8 Å². The van der Waals surface area contributed by atoms with Crippen LogP contribution in [0.15, 0.2) is 94.4 Å². The summed E-state index contributed by atoms with van der Waals surface area (Å²) >= 11 is 1.22. The summed E-state index contributed by atoms with van der Waals surface area (Å²) in [4.78, 5) is 15.5. The number of carbonyl (C=O) groups is 1. The smallest absolute Gasteiger partial charge is 0.433 e. The predicted molar refractivity (Wildman–Crippen MR) is 178 cm³/mol. The first-order valence-electron chi connectivity index (χ1n) is 14.1. The summed E-state index contributed by atoms with van der Waals surface area (Å²) < 4.78 is 75.0. The molecule has 0 fully saturated rings. The first-order chi connectivity index (χ1) is 22.3. The molecule has 13 heteroatoms. The van der Waals surface area contributed by atoms with Crippen LogP contribution in [0.5, 0.6) is 0 Å². The van der Waals surface area contributed by atoms with Crippen LogP contribution in [0.1, 0.15) is 35.9 Å². The molecule has 7 nitrogen and oxygen atoms in total. The maximum Gasteiger partial charge on any atom is 0.433 e. The molecular weight excluding hydrogens is 666 g/mol. The van der Waals surface area contributed by atoms with Gasteiger partial charge in [-0.15, -0.1) is 20.6 Å². The number of fused-ring (bicyclic) bond motifs is 1. The largest absolute Gasteiger partial charge is 0.466 e. The fourth-order valence-electron chi connectivity index (χ4n) is 5.86. The summed E-state index contributed by atoms with van der Waals surface area (Å²) in [6.45, 7) is 1.89. The molecule has 3 aromatic heterocycles. The molecule has 6 rings (SSSR count). The van der Waals surface area contributed by atoms with Crippen molar-refractivity contribution in [3.63, 3.8) is 0 Å². The lowest BCUT2D eigenvalue weighted by Crippen LogP contribution is -2.16. The number of aromatic nitrogens is 2. The number of benzene rings is 2. The number of rotatable bonds is 6. The number of hydrogen-bond donors (Lipinski definition) is 0. The van der Waals surface area contributed by atoms with E-state index in [1.807, 2.05) is 19.1 Å². The number of esters is 1. The number of allylic oxidation sites excluding steroid dienone is 3. The van der Waals surface area contributed by atoms with E-state index in [1.165, 1.54) is 18.4 Å². The SMILES string of the molecule is COC(=O)C1=CC(C)=C(c2cccc(-c3c(-c4ccsc4C#N)c4cc(P)ccc4n3S(=O)(=O)c3ccc(C(F)(F)F)nc3)c2)CC1. The highest BCUT2D eigenvalue weighted by Gasteiger charge is 2.34. The Kier molecular flexibility index (Phi) is 8.43. The standard InChI is InChI=1S/C34H25F3N3O4PS2/c1-19-14-22(33(41)44-2)6-9-25(19)20-4-3-5-21(15-20)32-31(26-12-13-46-29(26)17-38)27-16-23(45)7-10-28(27)40(32)47(42,43)24-8-11-30(39-18-24)34(35,36)37/h3-5,7-8,10-16,18H,6,9,45H2,1-2H3. The zero-order valence-electron chi connectivity index (χ0n) is 24.9. The highest BCUT2D eigenvalue weighted by atomic mass is 32.2. The Labute approximate surface area is 274 Å². The predicted octanol–water partition coefficient (Wildman–Crippen LogP) is 7.73. The number of hydrogen-bond acceptors (Lipinski definition) is 7. The summed E-state index contributed by atoms with van der Waals surface area (Å²) in [5, 5.41) is 13.0. The lowest BCUT2D eigenvalue weighted by Gasteiger charge is -2.19. The second kappa shape index (κ2) is 12.2. The molecule has 0 radical (unpaired) electrons. The van der Waals surface area contributed by atoms with Crippen molar-refractivity contribution >= 4 is 58.3 Å². The Bertz CT molecular complexity index is 2300. The minimum atomic E-state index is -4.75. The van der Waals surface area contributed by atoms with Crippen LogP contribution < -0.4 is 5.30 Å². The Balaban J connectivity index is 1.67. The van der Waals surface area contributed by atoms with Gasteiger partial charge in [-0.05, 0) is 89.6 Å². The van der Waals surface area contributed by atoms with Gasteiger partial charge >= 0.3 is 12.1 Å². The highest BCUT2D eigenvalue weighted by Crippen LogP contribution is 2.46. The molecule has 0 aliphatic heterocycles. The van der Waals surface area contributed by atoms with Crippen LogP contribution in [0.3, 0.4) is 0 Å². The van der Waals surface area contributed by atoms with E-state index in [-0.39, 0.29) is 11.2 Å². The fraction of sp³-hybridized carbons (Fsp3) is 0.147. The fourth-order valence-corrected chi connectivity index (χ4v) is 8.30. The third-order valence-electron chi connectivity index (χ3n) is 7.99. The minimum absolute atomic E-state index is 0.243. The van der Waals surface area contributed by atoms with E-state index in [2.05, 4.69) is 20.3 Å². The van der Waals surface area contributed by atoms with E-state index in [1.54, 1.807) is 47.9 Å². The van der Waals surface area contributed by atoms with Gasteiger partial charge < -0.3 is 4.74 Å². The number of nitriles is 1. The molecule has 47 heavy (non-hydrogen) atoms. The molecule has 0 amide bonds. The maximum absolute atomic E-state index is 14.5. The van der Waals surface area contributed by atoms with Gasteiger partial charge in [0.2, 0.25) is 0 Å². The Hall–Kier alpha value is -4.56. The van der Waals surface area contributed by atoms with Crippen LogP contribution in [0.2, 0.25) is 0 Å². The van der Waals surface area contributed by atoms with Crippen LogP contribution in [0.25, 0.3) is 38.9 Å². The molecule has 1 atom stereocenters. The molecular formula is C34H25F3N3O4PS2. The van der Waals surface area contributed by atoms with Crippen LogP contribution in [-0.2, 0) is 25.7 Å². The maximum atomic E-state index is 14.5. The van der Waals surface area contributed by atoms with Crippen molar-refractivity contribution in [2.24, 2.45) is 0 Å².